The average molecular weight is 502 g/mol. The van der Waals surface area contributed by atoms with E-state index in [1.165, 1.54) is 42.5 Å². The summed E-state index contributed by atoms with van der Waals surface area (Å²) in [7, 11) is 0. The van der Waals surface area contributed by atoms with Crippen molar-refractivity contribution in [2.45, 2.75) is 43.4 Å². The van der Waals surface area contributed by atoms with Crippen LogP contribution in [0.25, 0.3) is 0 Å². The molecule has 0 amide bonds. The highest BCUT2D eigenvalue weighted by Crippen LogP contribution is 2.22. The van der Waals surface area contributed by atoms with Crippen LogP contribution in [0.4, 0.5) is 8.78 Å². The molecule has 0 spiro atoms. The number of Topliss-reactive ketones (excluding diaryl/α,β-unsaturated/α-hetero) is 2. The Bertz CT molecular complexity index is 791. The lowest BCUT2D eigenvalue weighted by molar-refractivity contribution is 0.0976. The first-order valence-corrected chi connectivity index (χ1v) is 10.5. The van der Waals surface area contributed by atoms with Crippen LogP contribution < -0.4 is 0 Å². The predicted octanol–water partition coefficient (Wildman–Crippen LogP) is 6.90. The van der Waals surface area contributed by atoms with Gasteiger partial charge < -0.3 is 0 Å². The summed E-state index contributed by atoms with van der Waals surface area (Å²) in [4.78, 5) is 24.0. The van der Waals surface area contributed by atoms with Crippen LogP contribution in [0.2, 0.25) is 0 Å². The van der Waals surface area contributed by atoms with Gasteiger partial charge in [0.05, 0.1) is 9.30 Å². The maximum absolute atomic E-state index is 13.3. The minimum absolute atomic E-state index is 0.0189. The van der Waals surface area contributed by atoms with Gasteiger partial charge in [-0.1, -0.05) is 35.2 Å². The molecule has 0 bridgehead atoms. The highest BCUT2D eigenvalue weighted by molar-refractivity contribution is 9.10. The van der Waals surface area contributed by atoms with Crippen molar-refractivity contribution in [2.75, 3.05) is 0 Å². The fourth-order valence-electron chi connectivity index (χ4n) is 2.70. The fraction of sp³-hybridized carbons (Fsp3) is 0.333. The molecular weight excluding hydrogens is 482 g/mol. The fourth-order valence-corrected chi connectivity index (χ4v) is 3.67. The van der Waals surface area contributed by atoms with Gasteiger partial charge in [-0.2, -0.15) is 0 Å². The van der Waals surface area contributed by atoms with E-state index >= 15 is 0 Å². The Kier molecular flexibility index (Phi) is 8.77. The third kappa shape index (κ3) is 6.92. The zero-order valence-electron chi connectivity index (χ0n) is 14.7. The molecule has 6 heteroatoms. The lowest BCUT2D eigenvalue weighted by Gasteiger charge is -2.09. The van der Waals surface area contributed by atoms with Gasteiger partial charge in [-0.25, -0.2) is 8.78 Å². The van der Waals surface area contributed by atoms with Gasteiger partial charge in [0.2, 0.25) is 0 Å². The zero-order chi connectivity index (χ0) is 19.8. The quantitative estimate of drug-likeness (QED) is 0.201. The van der Waals surface area contributed by atoms with Gasteiger partial charge >= 0.3 is 0 Å². The number of carbonyl (C=O) groups is 2. The van der Waals surface area contributed by atoms with Crippen LogP contribution in [0.5, 0.6) is 0 Å². The van der Waals surface area contributed by atoms with E-state index in [1.807, 2.05) is 0 Å². The van der Waals surface area contributed by atoms with Crippen molar-refractivity contribution < 1.29 is 18.4 Å². The van der Waals surface area contributed by atoms with Crippen molar-refractivity contribution in [1.29, 1.82) is 0 Å². The monoisotopic (exact) mass is 500 g/mol. The largest absolute Gasteiger partial charge is 0.294 e. The minimum Gasteiger partial charge on any atom is -0.294 e. The normalized spacial score (nSPS) is 12.0. The van der Waals surface area contributed by atoms with Crippen LogP contribution in [0.3, 0.4) is 0 Å². The van der Waals surface area contributed by atoms with Crippen molar-refractivity contribution in [3.63, 3.8) is 0 Å². The van der Waals surface area contributed by atoms with Crippen molar-refractivity contribution >= 4 is 43.4 Å². The van der Waals surface area contributed by atoms with Crippen LogP contribution in [-0.4, -0.2) is 16.4 Å². The SMILES string of the molecule is O=C(CCCCCCC(Br)C(=O)c1ccc(F)c(Br)c1)c1ccc(F)cc1. The molecule has 0 saturated heterocycles. The van der Waals surface area contributed by atoms with E-state index in [9.17, 15) is 18.4 Å². The van der Waals surface area contributed by atoms with Crippen LogP contribution in [-0.2, 0) is 0 Å². The summed E-state index contributed by atoms with van der Waals surface area (Å²) in [5.41, 5.74) is 1.00. The first-order valence-electron chi connectivity index (χ1n) is 8.80. The second kappa shape index (κ2) is 10.8. The zero-order valence-corrected chi connectivity index (χ0v) is 17.9. The second-order valence-corrected chi connectivity index (χ2v) is 8.30. The Morgan fingerprint density at radius 2 is 1.52 bits per heavy atom. The summed E-state index contributed by atoms with van der Waals surface area (Å²) in [5, 5.41) is 0. The first kappa shape index (κ1) is 21.9. The van der Waals surface area contributed by atoms with E-state index in [1.54, 1.807) is 0 Å². The van der Waals surface area contributed by atoms with Gasteiger partial charge in [0.1, 0.15) is 11.6 Å². The lowest BCUT2D eigenvalue weighted by Crippen LogP contribution is -2.14. The molecule has 2 aromatic rings. The van der Waals surface area contributed by atoms with E-state index in [-0.39, 0.29) is 26.7 Å². The molecule has 0 heterocycles. The first-order chi connectivity index (χ1) is 12.9. The van der Waals surface area contributed by atoms with Crippen molar-refractivity contribution in [3.8, 4) is 0 Å². The molecule has 2 aromatic carbocycles. The smallest absolute Gasteiger partial charge is 0.176 e. The van der Waals surface area contributed by atoms with Gasteiger partial charge in [-0.05, 0) is 71.2 Å². The predicted molar refractivity (Wildman–Crippen MR) is 110 cm³/mol. The summed E-state index contributed by atoms with van der Waals surface area (Å²) in [6, 6.07) is 9.85. The number of hydrogen-bond donors (Lipinski definition) is 0. The summed E-state index contributed by atoms with van der Waals surface area (Å²) < 4.78 is 26.4. The van der Waals surface area contributed by atoms with Crippen LogP contribution in [0.1, 0.15) is 59.2 Å². The van der Waals surface area contributed by atoms with E-state index in [4.69, 9.17) is 0 Å². The summed E-state index contributed by atoms with van der Waals surface area (Å²) in [6.07, 6.45) is 4.55. The maximum atomic E-state index is 13.3. The van der Waals surface area contributed by atoms with Gasteiger partial charge in [0, 0.05) is 17.5 Å². The van der Waals surface area contributed by atoms with Gasteiger partial charge in [-0.3, -0.25) is 9.59 Å². The van der Waals surface area contributed by atoms with Gasteiger partial charge in [-0.15, -0.1) is 0 Å². The molecule has 0 fully saturated rings. The summed E-state index contributed by atoms with van der Waals surface area (Å²) in [5.74, 6) is -0.793. The molecule has 2 rings (SSSR count). The number of halogens is 4. The standard InChI is InChI=1S/C21H20Br2F2O2/c22-17(21(27)15-9-12-19(25)18(23)13-15)5-3-1-2-4-6-20(26)14-7-10-16(24)11-8-14/h7-13,17H,1-6H2. The molecule has 27 heavy (non-hydrogen) atoms. The van der Waals surface area contributed by atoms with Crippen LogP contribution in [0.15, 0.2) is 46.9 Å². The maximum Gasteiger partial charge on any atom is 0.176 e. The second-order valence-electron chi connectivity index (χ2n) is 6.34. The number of benzene rings is 2. The average Bonchev–Trinajstić information content (AvgIpc) is 2.66. The molecular formula is C21H20Br2F2O2. The molecule has 2 nitrogen and oxygen atoms in total. The van der Waals surface area contributed by atoms with Gasteiger partial charge in [0.15, 0.2) is 11.6 Å². The molecule has 1 atom stereocenters. The van der Waals surface area contributed by atoms with E-state index in [0.29, 0.717) is 24.0 Å². The molecule has 144 valence electrons. The third-order valence-electron chi connectivity index (χ3n) is 4.27. The number of rotatable bonds is 10. The van der Waals surface area contributed by atoms with Crippen LogP contribution in [0, 0.1) is 11.6 Å². The number of alkyl halides is 1. The van der Waals surface area contributed by atoms with Gasteiger partial charge in [0.25, 0.3) is 0 Å². The number of ketones is 2. The number of carbonyl (C=O) groups excluding carboxylic acids is 2. The molecule has 0 aliphatic rings. The van der Waals surface area contributed by atoms with Crippen LogP contribution >= 0.6 is 31.9 Å². The summed E-state index contributed by atoms with van der Waals surface area (Å²) >= 11 is 6.50. The number of unbranched alkanes of at least 4 members (excludes halogenated alkanes) is 3. The third-order valence-corrected chi connectivity index (χ3v) is 5.75. The Morgan fingerprint density at radius 3 is 2.19 bits per heavy atom. The Balaban J connectivity index is 1.65. The lowest BCUT2D eigenvalue weighted by atomic mass is 10.0. The summed E-state index contributed by atoms with van der Waals surface area (Å²) in [6.45, 7) is 0. The van der Waals surface area contributed by atoms with Crippen molar-refractivity contribution in [2.24, 2.45) is 0 Å². The van der Waals surface area contributed by atoms with Crippen molar-refractivity contribution in [3.05, 3.63) is 69.7 Å². The van der Waals surface area contributed by atoms with E-state index < -0.39 is 5.82 Å². The molecule has 0 radical (unpaired) electrons. The topological polar surface area (TPSA) is 34.1 Å². The number of hydrogen-bond acceptors (Lipinski definition) is 2. The molecule has 0 aliphatic heterocycles. The highest BCUT2D eigenvalue weighted by atomic mass is 79.9. The Hall–Kier alpha value is -1.40. The molecule has 0 N–H and O–H groups in total. The molecule has 0 aromatic heterocycles. The van der Waals surface area contributed by atoms with E-state index in [2.05, 4.69) is 31.9 Å². The Morgan fingerprint density at radius 1 is 0.889 bits per heavy atom. The van der Waals surface area contributed by atoms with E-state index in [0.717, 1.165) is 25.7 Å². The molecule has 0 saturated carbocycles. The highest BCUT2D eigenvalue weighted by Gasteiger charge is 2.17. The Labute approximate surface area is 174 Å². The van der Waals surface area contributed by atoms with Crippen molar-refractivity contribution in [1.82, 2.24) is 0 Å². The molecule has 0 aliphatic carbocycles. The molecule has 1 unspecified atom stereocenters. The minimum atomic E-state index is -0.396.